The summed E-state index contributed by atoms with van der Waals surface area (Å²) in [5.41, 5.74) is 3.07. The Kier molecular flexibility index (Phi) is 8.15. The molecule has 7 heteroatoms. The molecular weight excluding hydrogens is 349 g/mol. The molecule has 1 aliphatic rings. The second-order valence-corrected chi connectivity index (χ2v) is 5.47. The molecule has 1 aliphatic heterocycles. The number of carbonyl (C=O) groups is 1. The number of aliphatic hydroxyl groups excluding tert-OH is 1. The van der Waals surface area contributed by atoms with E-state index in [-0.39, 0.29) is 43.3 Å². The number of hydrogen-bond acceptors (Lipinski definition) is 4. The molecule has 3 rings (SSSR count). The summed E-state index contributed by atoms with van der Waals surface area (Å²) in [5.74, 6) is -0.197. The minimum absolute atomic E-state index is 0. The van der Waals surface area contributed by atoms with E-state index in [0.717, 1.165) is 13.0 Å². The van der Waals surface area contributed by atoms with Gasteiger partial charge in [0.1, 0.15) is 0 Å². The predicted molar refractivity (Wildman–Crippen MR) is 97.8 cm³/mol. The number of aliphatic hydroxyl groups is 1. The smallest absolute Gasteiger partial charge is 0.251 e. The van der Waals surface area contributed by atoms with Crippen LogP contribution >= 0.6 is 24.8 Å². The van der Waals surface area contributed by atoms with Crippen LogP contribution in [0, 0.1) is 0 Å². The molecule has 0 radical (unpaired) electrons. The topological polar surface area (TPSA) is 74.2 Å². The number of aromatic nitrogens is 1. The Morgan fingerprint density at radius 2 is 1.88 bits per heavy atom. The lowest BCUT2D eigenvalue weighted by Crippen LogP contribution is -2.49. The van der Waals surface area contributed by atoms with Crippen LogP contribution in [0.15, 0.2) is 48.8 Å². The maximum absolute atomic E-state index is 12.0. The van der Waals surface area contributed by atoms with Gasteiger partial charge in [-0.05, 0) is 29.7 Å². The van der Waals surface area contributed by atoms with Crippen LogP contribution < -0.4 is 10.6 Å². The van der Waals surface area contributed by atoms with Crippen molar-refractivity contribution in [2.24, 2.45) is 0 Å². The number of amides is 1. The molecular formula is C17H21Cl2N3O2. The zero-order valence-corrected chi connectivity index (χ0v) is 14.6. The van der Waals surface area contributed by atoms with Gasteiger partial charge in [0.15, 0.2) is 0 Å². The highest BCUT2D eigenvalue weighted by Crippen LogP contribution is 2.17. The van der Waals surface area contributed by atoms with E-state index in [1.807, 2.05) is 12.1 Å². The fraction of sp³-hybridized carbons (Fsp3) is 0.294. The predicted octanol–water partition coefficient (Wildman–Crippen LogP) is 1.73. The summed E-state index contributed by atoms with van der Waals surface area (Å²) >= 11 is 0. The normalized spacial score (nSPS) is 16.8. The third kappa shape index (κ3) is 4.92. The molecule has 3 N–H and O–H groups in total. The highest BCUT2D eigenvalue weighted by molar-refractivity contribution is 5.93. The molecule has 0 spiro atoms. The first-order valence-corrected chi connectivity index (χ1v) is 7.40. The third-order valence-electron chi connectivity index (χ3n) is 3.99. The van der Waals surface area contributed by atoms with Crippen LogP contribution in [0.5, 0.6) is 0 Å². The van der Waals surface area contributed by atoms with Crippen molar-refractivity contribution in [1.82, 2.24) is 15.6 Å². The van der Waals surface area contributed by atoms with Crippen molar-refractivity contribution in [3.63, 3.8) is 0 Å². The van der Waals surface area contributed by atoms with Crippen LogP contribution in [-0.2, 0) is 13.0 Å². The maximum atomic E-state index is 12.0. The second-order valence-electron chi connectivity index (χ2n) is 5.47. The molecule has 0 bridgehead atoms. The fourth-order valence-electron chi connectivity index (χ4n) is 2.70. The summed E-state index contributed by atoms with van der Waals surface area (Å²) < 4.78 is 0. The molecule has 0 saturated heterocycles. The molecule has 2 heterocycles. The lowest BCUT2D eigenvalue weighted by Gasteiger charge is -2.30. The van der Waals surface area contributed by atoms with Gasteiger partial charge in [0.25, 0.3) is 5.91 Å². The number of nitrogens with one attached hydrogen (secondary N) is 2. The number of nitrogens with zero attached hydrogens (tertiary/aromatic N) is 1. The first-order valence-electron chi connectivity index (χ1n) is 7.40. The molecule has 1 amide bonds. The third-order valence-corrected chi connectivity index (χ3v) is 3.99. The summed E-state index contributed by atoms with van der Waals surface area (Å²) in [5, 5.41) is 16.4. The van der Waals surface area contributed by atoms with Crippen molar-refractivity contribution in [1.29, 1.82) is 0 Å². The van der Waals surface area contributed by atoms with Crippen molar-refractivity contribution < 1.29 is 9.90 Å². The number of fused-ring (bicyclic) bond motifs is 1. The largest absolute Gasteiger partial charge is 0.390 e. The first kappa shape index (κ1) is 20.4. The summed E-state index contributed by atoms with van der Waals surface area (Å²) in [6, 6.07) is 11.5. The monoisotopic (exact) mass is 369 g/mol. The lowest BCUT2D eigenvalue weighted by atomic mass is 9.93. The molecule has 1 aromatic heterocycles. The number of benzene rings is 1. The number of rotatable bonds is 4. The minimum Gasteiger partial charge on any atom is -0.390 e. The van der Waals surface area contributed by atoms with Gasteiger partial charge in [0, 0.05) is 37.1 Å². The minimum atomic E-state index is -0.626. The van der Waals surface area contributed by atoms with Gasteiger partial charge in [-0.1, -0.05) is 24.3 Å². The van der Waals surface area contributed by atoms with Crippen molar-refractivity contribution >= 4 is 30.7 Å². The van der Waals surface area contributed by atoms with E-state index >= 15 is 0 Å². The van der Waals surface area contributed by atoms with E-state index in [9.17, 15) is 9.90 Å². The van der Waals surface area contributed by atoms with Gasteiger partial charge in [-0.25, -0.2) is 0 Å². The number of halogens is 2. The highest BCUT2D eigenvalue weighted by atomic mass is 35.5. The molecule has 0 saturated carbocycles. The van der Waals surface area contributed by atoms with E-state index in [0.29, 0.717) is 5.56 Å². The zero-order valence-electron chi connectivity index (χ0n) is 13.0. The average molecular weight is 370 g/mol. The molecule has 24 heavy (non-hydrogen) atoms. The molecule has 130 valence electrons. The fourth-order valence-corrected chi connectivity index (χ4v) is 2.70. The van der Waals surface area contributed by atoms with Gasteiger partial charge in [-0.15, -0.1) is 24.8 Å². The Labute approximate surface area is 153 Å². The molecule has 2 atom stereocenters. The van der Waals surface area contributed by atoms with E-state index in [2.05, 4.69) is 27.8 Å². The van der Waals surface area contributed by atoms with Crippen LogP contribution in [0.25, 0.3) is 0 Å². The van der Waals surface area contributed by atoms with E-state index in [4.69, 9.17) is 0 Å². The van der Waals surface area contributed by atoms with E-state index in [1.54, 1.807) is 24.5 Å². The van der Waals surface area contributed by atoms with Crippen molar-refractivity contribution in [2.75, 3.05) is 6.54 Å². The quantitative estimate of drug-likeness (QED) is 0.767. The number of pyridine rings is 1. The Hall–Kier alpha value is -1.66. The van der Waals surface area contributed by atoms with Crippen molar-refractivity contribution in [3.8, 4) is 0 Å². The Morgan fingerprint density at radius 1 is 1.21 bits per heavy atom. The van der Waals surface area contributed by atoms with Crippen LogP contribution in [0.4, 0.5) is 0 Å². The molecule has 1 aromatic carbocycles. The van der Waals surface area contributed by atoms with Gasteiger partial charge in [-0.3, -0.25) is 9.78 Å². The van der Waals surface area contributed by atoms with Crippen LogP contribution in [-0.4, -0.2) is 34.7 Å². The SMILES string of the molecule is Cl.Cl.O=C(NCC(O)[C@@H]1Cc2ccccc2CN1)c1ccncc1. The van der Waals surface area contributed by atoms with Crippen LogP contribution in [0.3, 0.4) is 0 Å². The average Bonchev–Trinajstić information content (AvgIpc) is 2.59. The Bertz CT molecular complexity index is 655. The van der Waals surface area contributed by atoms with Crippen LogP contribution in [0.1, 0.15) is 21.5 Å². The van der Waals surface area contributed by atoms with E-state index in [1.165, 1.54) is 11.1 Å². The molecule has 2 aromatic rings. The first-order chi connectivity index (χ1) is 10.7. The summed E-state index contributed by atoms with van der Waals surface area (Å²) in [6.45, 7) is 0.969. The molecule has 0 aliphatic carbocycles. The Morgan fingerprint density at radius 3 is 2.58 bits per heavy atom. The van der Waals surface area contributed by atoms with Crippen LogP contribution in [0.2, 0.25) is 0 Å². The number of hydrogen-bond donors (Lipinski definition) is 3. The zero-order chi connectivity index (χ0) is 15.4. The van der Waals surface area contributed by atoms with Gasteiger partial charge in [0.2, 0.25) is 0 Å². The summed E-state index contributed by atoms with van der Waals surface area (Å²) in [4.78, 5) is 15.8. The van der Waals surface area contributed by atoms with Gasteiger partial charge < -0.3 is 15.7 Å². The Balaban J connectivity index is 0.00000144. The van der Waals surface area contributed by atoms with Crippen molar-refractivity contribution in [2.45, 2.75) is 25.1 Å². The standard InChI is InChI=1S/C17H19N3O2.2ClH/c21-16(11-20-17(22)12-5-7-18-8-6-12)15-9-13-3-1-2-4-14(13)10-19-15;;/h1-8,15-16,19,21H,9-11H2,(H,20,22);2*1H/t15-,16?;;/m0../s1. The van der Waals surface area contributed by atoms with Crippen molar-refractivity contribution in [3.05, 3.63) is 65.5 Å². The molecule has 1 unspecified atom stereocenters. The summed E-state index contributed by atoms with van der Waals surface area (Å²) in [6.07, 6.45) is 3.29. The summed E-state index contributed by atoms with van der Waals surface area (Å²) in [7, 11) is 0. The maximum Gasteiger partial charge on any atom is 0.251 e. The van der Waals surface area contributed by atoms with Gasteiger partial charge >= 0.3 is 0 Å². The number of carbonyl (C=O) groups excluding carboxylic acids is 1. The van der Waals surface area contributed by atoms with E-state index < -0.39 is 6.10 Å². The van der Waals surface area contributed by atoms with Gasteiger partial charge in [0.05, 0.1) is 6.10 Å². The highest BCUT2D eigenvalue weighted by Gasteiger charge is 2.24. The molecule has 5 nitrogen and oxygen atoms in total. The van der Waals surface area contributed by atoms with Gasteiger partial charge in [-0.2, -0.15) is 0 Å². The second kappa shape index (κ2) is 9.59. The lowest BCUT2D eigenvalue weighted by molar-refractivity contribution is 0.0870. The molecule has 0 fully saturated rings.